The standard InChI is InChI=1S/C27H34NO5PS/c1-22(2)33-34(29,35)32-21-20-31-19-18-28-27(23-10-6-4-7-11-23,24-12-8-5-9-13-24)25-14-16-26(30-3)17-15-25/h4-17,22,28H,18-21H2,1-3H3,(H,29,35). The van der Waals surface area contributed by atoms with Crippen LogP contribution in [0.4, 0.5) is 0 Å². The van der Waals surface area contributed by atoms with Gasteiger partial charge in [-0.05, 0) is 54.5 Å². The molecule has 3 aromatic rings. The van der Waals surface area contributed by atoms with Crippen molar-refractivity contribution in [3.63, 3.8) is 0 Å². The van der Waals surface area contributed by atoms with E-state index in [0.29, 0.717) is 19.8 Å². The molecule has 1 unspecified atom stereocenters. The molecule has 0 bridgehead atoms. The van der Waals surface area contributed by atoms with Gasteiger partial charge in [-0.1, -0.05) is 72.8 Å². The number of rotatable bonds is 14. The summed E-state index contributed by atoms with van der Waals surface area (Å²) in [6.07, 6.45) is -0.196. The summed E-state index contributed by atoms with van der Waals surface area (Å²) in [4.78, 5) is 10.0. The predicted octanol–water partition coefficient (Wildman–Crippen LogP) is 5.25. The zero-order chi connectivity index (χ0) is 25.2. The molecule has 0 radical (unpaired) electrons. The highest BCUT2D eigenvalue weighted by Crippen LogP contribution is 2.44. The summed E-state index contributed by atoms with van der Waals surface area (Å²) in [6, 6.07) is 28.8. The molecule has 0 aromatic heterocycles. The molecule has 0 aliphatic heterocycles. The van der Waals surface area contributed by atoms with Gasteiger partial charge in [0.1, 0.15) is 5.75 Å². The van der Waals surface area contributed by atoms with Crippen LogP contribution in [0.15, 0.2) is 84.9 Å². The fourth-order valence-corrected chi connectivity index (χ4v) is 5.58. The van der Waals surface area contributed by atoms with Crippen LogP contribution in [0.5, 0.6) is 5.75 Å². The molecule has 1 atom stereocenters. The van der Waals surface area contributed by atoms with Gasteiger partial charge < -0.3 is 23.4 Å². The predicted molar refractivity (Wildman–Crippen MR) is 143 cm³/mol. The smallest absolute Gasteiger partial charge is 0.324 e. The molecule has 0 saturated carbocycles. The summed E-state index contributed by atoms with van der Waals surface area (Å²) in [5, 5.41) is 3.76. The highest BCUT2D eigenvalue weighted by molar-refractivity contribution is 8.07. The van der Waals surface area contributed by atoms with Crippen LogP contribution in [0.2, 0.25) is 0 Å². The van der Waals surface area contributed by atoms with Crippen molar-refractivity contribution in [1.29, 1.82) is 0 Å². The van der Waals surface area contributed by atoms with Crippen molar-refractivity contribution < 1.29 is 23.4 Å². The van der Waals surface area contributed by atoms with Crippen LogP contribution in [0.25, 0.3) is 0 Å². The van der Waals surface area contributed by atoms with E-state index in [1.165, 1.54) is 0 Å². The second kappa shape index (κ2) is 13.3. The van der Waals surface area contributed by atoms with Gasteiger partial charge in [-0.15, -0.1) is 0 Å². The summed E-state index contributed by atoms with van der Waals surface area (Å²) < 4.78 is 21.7. The van der Waals surface area contributed by atoms with Crippen LogP contribution < -0.4 is 10.1 Å². The van der Waals surface area contributed by atoms with Gasteiger partial charge >= 0.3 is 6.72 Å². The molecule has 0 fully saturated rings. The Morgan fingerprint density at radius 1 is 0.829 bits per heavy atom. The number of ether oxygens (including phenoxy) is 2. The van der Waals surface area contributed by atoms with Crippen LogP contribution in [0.1, 0.15) is 30.5 Å². The minimum atomic E-state index is -3.23. The van der Waals surface area contributed by atoms with E-state index in [1.54, 1.807) is 21.0 Å². The third-order valence-electron chi connectivity index (χ3n) is 5.40. The van der Waals surface area contributed by atoms with Gasteiger partial charge in [0.15, 0.2) is 0 Å². The fourth-order valence-electron chi connectivity index (χ4n) is 3.94. The lowest BCUT2D eigenvalue weighted by atomic mass is 9.77. The third kappa shape index (κ3) is 7.69. The van der Waals surface area contributed by atoms with Crippen LogP contribution >= 0.6 is 6.72 Å². The van der Waals surface area contributed by atoms with E-state index in [9.17, 15) is 4.89 Å². The first-order valence-corrected chi connectivity index (χ1v) is 14.2. The normalized spacial score (nSPS) is 13.5. The maximum Gasteiger partial charge on any atom is 0.324 e. The lowest BCUT2D eigenvalue weighted by Crippen LogP contribution is -2.46. The Bertz CT molecular complexity index is 1020. The molecule has 3 aromatic carbocycles. The summed E-state index contributed by atoms with van der Waals surface area (Å²) in [5.41, 5.74) is 2.73. The van der Waals surface area contributed by atoms with Crippen LogP contribution in [-0.4, -0.2) is 44.5 Å². The van der Waals surface area contributed by atoms with Crippen molar-refractivity contribution in [3.8, 4) is 5.75 Å². The molecule has 0 spiro atoms. The second-order valence-corrected chi connectivity index (χ2v) is 11.0. The second-order valence-electron chi connectivity index (χ2n) is 8.21. The third-order valence-corrected chi connectivity index (χ3v) is 7.17. The van der Waals surface area contributed by atoms with Gasteiger partial charge in [0, 0.05) is 6.54 Å². The maximum atomic E-state index is 10.0. The van der Waals surface area contributed by atoms with E-state index in [0.717, 1.165) is 22.4 Å². The monoisotopic (exact) mass is 515 g/mol. The molecule has 2 N–H and O–H groups in total. The molecule has 8 heteroatoms. The number of nitrogens with one attached hydrogen (secondary N) is 1. The van der Waals surface area contributed by atoms with Crippen LogP contribution in [0.3, 0.4) is 0 Å². The first-order valence-electron chi connectivity index (χ1n) is 11.6. The Balaban J connectivity index is 1.76. The van der Waals surface area contributed by atoms with Crippen molar-refractivity contribution in [1.82, 2.24) is 5.32 Å². The van der Waals surface area contributed by atoms with Gasteiger partial charge in [-0.2, -0.15) is 0 Å². The minimum Gasteiger partial charge on any atom is -0.497 e. The average Bonchev–Trinajstić information content (AvgIpc) is 2.86. The summed E-state index contributed by atoms with van der Waals surface area (Å²) in [6.45, 7) is 1.86. The first kappa shape index (κ1) is 27.5. The highest BCUT2D eigenvalue weighted by Gasteiger charge is 2.35. The number of methoxy groups -OCH3 is 1. The molecule has 0 aliphatic rings. The van der Waals surface area contributed by atoms with Crippen molar-refractivity contribution in [3.05, 3.63) is 102 Å². The molecule has 188 valence electrons. The van der Waals surface area contributed by atoms with E-state index in [1.807, 2.05) is 48.5 Å². The zero-order valence-corrected chi connectivity index (χ0v) is 22.1. The average molecular weight is 516 g/mol. The highest BCUT2D eigenvalue weighted by atomic mass is 32.5. The van der Waals surface area contributed by atoms with E-state index < -0.39 is 12.3 Å². The summed E-state index contributed by atoms with van der Waals surface area (Å²) in [7, 11) is 1.67. The Labute approximate surface area is 213 Å². The van der Waals surface area contributed by atoms with Crippen molar-refractivity contribution in [2.45, 2.75) is 25.5 Å². The van der Waals surface area contributed by atoms with Crippen molar-refractivity contribution >= 4 is 18.5 Å². The van der Waals surface area contributed by atoms with Crippen LogP contribution in [-0.2, 0) is 31.1 Å². The van der Waals surface area contributed by atoms with E-state index in [-0.39, 0.29) is 12.7 Å². The van der Waals surface area contributed by atoms with Crippen molar-refractivity contribution in [2.75, 3.05) is 33.5 Å². The van der Waals surface area contributed by atoms with E-state index in [2.05, 4.69) is 41.7 Å². The molecule has 35 heavy (non-hydrogen) atoms. The number of benzene rings is 3. The maximum absolute atomic E-state index is 10.0. The number of hydrogen-bond donors (Lipinski definition) is 2. The minimum absolute atomic E-state index is 0.168. The Kier molecular flexibility index (Phi) is 10.4. The molecule has 3 rings (SSSR count). The van der Waals surface area contributed by atoms with Gasteiger partial charge in [0.05, 0.1) is 38.6 Å². The zero-order valence-electron chi connectivity index (χ0n) is 20.4. The first-order chi connectivity index (χ1) is 16.9. The van der Waals surface area contributed by atoms with Crippen LogP contribution in [0, 0.1) is 0 Å². The Hall–Kier alpha value is -2.09. The Morgan fingerprint density at radius 3 is 1.89 bits per heavy atom. The van der Waals surface area contributed by atoms with E-state index in [4.69, 9.17) is 30.3 Å². The molecular weight excluding hydrogens is 481 g/mol. The van der Waals surface area contributed by atoms with Gasteiger partial charge in [0.2, 0.25) is 0 Å². The Morgan fingerprint density at radius 2 is 1.37 bits per heavy atom. The SMILES string of the molecule is COc1ccc(C(NCCOCCOP(O)(=S)OC(C)C)(c2ccccc2)c2ccccc2)cc1. The topological polar surface area (TPSA) is 69.2 Å². The lowest BCUT2D eigenvalue weighted by molar-refractivity contribution is 0.0835. The van der Waals surface area contributed by atoms with Gasteiger partial charge in [-0.3, -0.25) is 5.32 Å². The van der Waals surface area contributed by atoms with E-state index >= 15 is 0 Å². The summed E-state index contributed by atoms with van der Waals surface area (Å²) in [5.74, 6) is 0.804. The molecule has 0 amide bonds. The summed E-state index contributed by atoms with van der Waals surface area (Å²) >= 11 is 4.99. The fraction of sp³-hybridized carbons (Fsp3) is 0.333. The molecule has 0 heterocycles. The molecule has 0 aliphatic carbocycles. The lowest BCUT2D eigenvalue weighted by Gasteiger charge is -2.37. The number of hydrogen-bond acceptors (Lipinski definition) is 6. The van der Waals surface area contributed by atoms with Crippen molar-refractivity contribution in [2.24, 2.45) is 0 Å². The molecule has 0 saturated heterocycles. The van der Waals surface area contributed by atoms with Gasteiger partial charge in [-0.25, -0.2) is 0 Å². The van der Waals surface area contributed by atoms with Gasteiger partial charge in [0.25, 0.3) is 0 Å². The molecular formula is C27H34NO5PS. The molecule has 6 nitrogen and oxygen atoms in total. The largest absolute Gasteiger partial charge is 0.497 e. The quantitative estimate of drug-likeness (QED) is 0.173.